The highest BCUT2D eigenvalue weighted by atomic mass is 35.5. The normalized spacial score (nSPS) is 11.3. The summed E-state index contributed by atoms with van der Waals surface area (Å²) in [5, 5.41) is 9.22. The van der Waals surface area contributed by atoms with Crippen LogP contribution < -0.4 is 4.72 Å². The molecule has 1 heterocycles. The van der Waals surface area contributed by atoms with Crippen molar-refractivity contribution in [3.8, 4) is 0 Å². The Bertz CT molecular complexity index is 723. The van der Waals surface area contributed by atoms with Crippen LogP contribution in [0.2, 0.25) is 10.0 Å². The first-order chi connectivity index (χ1) is 9.44. The summed E-state index contributed by atoms with van der Waals surface area (Å²) >= 11 is 11.8. The van der Waals surface area contributed by atoms with Gasteiger partial charge in [0.1, 0.15) is 11.2 Å². The van der Waals surface area contributed by atoms with Crippen molar-refractivity contribution >= 4 is 38.9 Å². The van der Waals surface area contributed by atoms with Gasteiger partial charge >= 0.3 is 0 Å². The zero-order valence-corrected chi connectivity index (χ0v) is 12.2. The van der Waals surface area contributed by atoms with Gasteiger partial charge in [-0.3, -0.25) is 4.72 Å². The lowest BCUT2D eigenvalue weighted by molar-refractivity contribution is 0.281. The van der Waals surface area contributed by atoms with E-state index in [0.717, 1.165) is 0 Å². The number of nitrogens with zero attached hydrogens (tertiary/aromatic N) is 2. The van der Waals surface area contributed by atoms with E-state index in [-0.39, 0.29) is 26.2 Å². The summed E-state index contributed by atoms with van der Waals surface area (Å²) in [5.41, 5.74) is 0.415. The lowest BCUT2D eigenvalue weighted by atomic mass is 10.2. The van der Waals surface area contributed by atoms with Gasteiger partial charge in [-0.1, -0.05) is 23.2 Å². The van der Waals surface area contributed by atoms with E-state index in [4.69, 9.17) is 28.3 Å². The molecule has 6 nitrogen and oxygen atoms in total. The minimum atomic E-state index is -3.96. The SMILES string of the molecule is O=S(=O)(Nc1cncnc1)c1cc(Cl)cc(CO)c1Cl. The summed E-state index contributed by atoms with van der Waals surface area (Å²) in [4.78, 5) is 7.18. The molecule has 1 aromatic carbocycles. The number of aliphatic hydroxyl groups is 1. The van der Waals surface area contributed by atoms with Crippen molar-refractivity contribution in [1.82, 2.24) is 9.97 Å². The minimum absolute atomic E-state index is 0.0822. The second-order valence-corrected chi connectivity index (χ2v) is 6.23. The number of anilines is 1. The van der Waals surface area contributed by atoms with Gasteiger partial charge in [-0.15, -0.1) is 0 Å². The molecule has 2 N–H and O–H groups in total. The molecule has 0 spiro atoms. The molecule has 0 saturated carbocycles. The standard InChI is InChI=1S/C11H9Cl2N3O3S/c12-8-1-7(5-17)11(13)10(2-8)20(18,19)16-9-3-14-6-15-4-9/h1-4,6,16-17H,5H2. The fourth-order valence-electron chi connectivity index (χ4n) is 1.49. The van der Waals surface area contributed by atoms with E-state index >= 15 is 0 Å². The molecule has 2 aromatic rings. The maximum absolute atomic E-state index is 12.3. The van der Waals surface area contributed by atoms with Gasteiger partial charge in [0.05, 0.1) is 29.7 Å². The Labute approximate surface area is 125 Å². The number of halogens is 2. The van der Waals surface area contributed by atoms with Gasteiger partial charge in [0.25, 0.3) is 10.0 Å². The number of sulfonamides is 1. The molecular formula is C11H9Cl2N3O3S. The molecule has 1 aromatic heterocycles. The Hall–Kier alpha value is -1.41. The molecule has 0 aliphatic rings. The van der Waals surface area contributed by atoms with Crippen LogP contribution in [0.4, 0.5) is 5.69 Å². The second kappa shape index (κ2) is 5.92. The molecule has 2 rings (SSSR count). The summed E-state index contributed by atoms with van der Waals surface area (Å²) in [6.45, 7) is -0.420. The molecule has 0 bridgehead atoms. The Morgan fingerprint density at radius 3 is 2.45 bits per heavy atom. The van der Waals surface area contributed by atoms with Gasteiger partial charge in [0.2, 0.25) is 0 Å². The Kier molecular flexibility index (Phi) is 4.44. The van der Waals surface area contributed by atoms with Gasteiger partial charge in [-0.25, -0.2) is 18.4 Å². The first kappa shape index (κ1) is 15.0. The van der Waals surface area contributed by atoms with Crippen molar-refractivity contribution in [2.75, 3.05) is 4.72 Å². The fraction of sp³-hybridized carbons (Fsp3) is 0.0909. The van der Waals surface area contributed by atoms with Gasteiger partial charge in [0, 0.05) is 5.02 Å². The molecule has 20 heavy (non-hydrogen) atoms. The van der Waals surface area contributed by atoms with E-state index in [2.05, 4.69) is 14.7 Å². The van der Waals surface area contributed by atoms with Crippen LogP contribution >= 0.6 is 23.2 Å². The van der Waals surface area contributed by atoms with Crippen molar-refractivity contribution in [2.24, 2.45) is 0 Å². The van der Waals surface area contributed by atoms with Crippen LogP contribution in [0.15, 0.2) is 35.7 Å². The predicted octanol–water partition coefficient (Wildman–Crippen LogP) is 2.08. The van der Waals surface area contributed by atoms with Crippen LogP contribution in [0.25, 0.3) is 0 Å². The molecule has 9 heteroatoms. The van der Waals surface area contributed by atoms with Crippen molar-refractivity contribution < 1.29 is 13.5 Å². The maximum Gasteiger partial charge on any atom is 0.263 e. The molecule has 0 amide bonds. The maximum atomic E-state index is 12.3. The highest BCUT2D eigenvalue weighted by Gasteiger charge is 2.21. The average molecular weight is 334 g/mol. The largest absolute Gasteiger partial charge is 0.392 e. The van der Waals surface area contributed by atoms with E-state index in [0.29, 0.717) is 0 Å². The molecule has 0 radical (unpaired) electrons. The predicted molar refractivity (Wildman–Crippen MR) is 75.2 cm³/mol. The smallest absolute Gasteiger partial charge is 0.263 e. The van der Waals surface area contributed by atoms with Crippen molar-refractivity contribution in [3.63, 3.8) is 0 Å². The lowest BCUT2D eigenvalue weighted by Gasteiger charge is -2.11. The molecule has 106 valence electrons. The number of rotatable bonds is 4. The van der Waals surface area contributed by atoms with Gasteiger partial charge in [-0.2, -0.15) is 0 Å². The van der Waals surface area contributed by atoms with Crippen LogP contribution in [0.1, 0.15) is 5.56 Å². The monoisotopic (exact) mass is 333 g/mol. The second-order valence-electron chi connectivity index (χ2n) is 3.77. The van der Waals surface area contributed by atoms with Gasteiger partial charge < -0.3 is 5.11 Å². The van der Waals surface area contributed by atoms with Crippen LogP contribution in [-0.2, 0) is 16.6 Å². The Morgan fingerprint density at radius 1 is 1.20 bits per heavy atom. The van der Waals surface area contributed by atoms with Crippen LogP contribution in [0.3, 0.4) is 0 Å². The van der Waals surface area contributed by atoms with Crippen molar-refractivity contribution in [3.05, 3.63) is 46.5 Å². The number of aliphatic hydroxyl groups excluding tert-OH is 1. The quantitative estimate of drug-likeness (QED) is 0.893. The van der Waals surface area contributed by atoms with Crippen molar-refractivity contribution in [1.29, 1.82) is 0 Å². The summed E-state index contributed by atoms with van der Waals surface area (Å²) in [7, 11) is -3.96. The van der Waals surface area contributed by atoms with E-state index in [1.165, 1.54) is 30.9 Å². The van der Waals surface area contributed by atoms with Gasteiger partial charge in [0.15, 0.2) is 0 Å². The third-order valence-corrected chi connectivity index (χ3v) is 4.53. The Balaban J connectivity index is 2.47. The van der Waals surface area contributed by atoms with Crippen molar-refractivity contribution in [2.45, 2.75) is 11.5 Å². The van der Waals surface area contributed by atoms with Gasteiger partial charge in [-0.05, 0) is 17.7 Å². The number of aromatic nitrogens is 2. The third kappa shape index (κ3) is 3.18. The number of hydrogen-bond acceptors (Lipinski definition) is 5. The molecule has 0 aliphatic carbocycles. The van der Waals surface area contributed by atoms with E-state index in [1.54, 1.807) is 0 Å². The number of hydrogen-bond donors (Lipinski definition) is 2. The number of benzene rings is 1. The molecule has 0 atom stereocenters. The summed E-state index contributed by atoms with van der Waals surface area (Å²) in [5.74, 6) is 0. The van der Waals surface area contributed by atoms with Crippen LogP contribution in [0.5, 0.6) is 0 Å². The summed E-state index contributed by atoms with van der Waals surface area (Å²) in [6, 6.07) is 2.60. The van der Waals surface area contributed by atoms with Crippen LogP contribution in [-0.4, -0.2) is 23.5 Å². The Morgan fingerprint density at radius 2 is 1.85 bits per heavy atom. The first-order valence-electron chi connectivity index (χ1n) is 5.30. The van der Waals surface area contributed by atoms with E-state index in [9.17, 15) is 8.42 Å². The molecule has 0 aliphatic heterocycles. The molecular weight excluding hydrogens is 325 g/mol. The first-order valence-corrected chi connectivity index (χ1v) is 7.54. The number of nitrogens with one attached hydrogen (secondary N) is 1. The molecule has 0 saturated heterocycles. The topological polar surface area (TPSA) is 92.2 Å². The summed E-state index contributed by atoms with van der Waals surface area (Å²) in [6.07, 6.45) is 3.87. The fourth-order valence-corrected chi connectivity index (χ4v) is 3.44. The molecule has 0 fully saturated rings. The zero-order valence-electron chi connectivity index (χ0n) is 9.92. The average Bonchev–Trinajstić information content (AvgIpc) is 2.41. The van der Waals surface area contributed by atoms with E-state index in [1.807, 2.05) is 0 Å². The third-order valence-electron chi connectivity index (χ3n) is 2.35. The lowest BCUT2D eigenvalue weighted by Crippen LogP contribution is -2.14. The summed E-state index contributed by atoms with van der Waals surface area (Å²) < 4.78 is 26.8. The van der Waals surface area contributed by atoms with E-state index < -0.39 is 16.6 Å². The zero-order chi connectivity index (χ0) is 14.8. The highest BCUT2D eigenvalue weighted by Crippen LogP contribution is 2.30. The molecule has 0 unspecified atom stereocenters. The highest BCUT2D eigenvalue weighted by molar-refractivity contribution is 7.92. The minimum Gasteiger partial charge on any atom is -0.392 e. The van der Waals surface area contributed by atoms with Crippen LogP contribution in [0, 0.1) is 0 Å².